The molecule has 0 aliphatic carbocycles. The lowest BCUT2D eigenvalue weighted by atomic mass is 10.3. The van der Waals surface area contributed by atoms with Crippen molar-refractivity contribution in [2.24, 2.45) is 0 Å². The van der Waals surface area contributed by atoms with E-state index in [1.165, 1.54) is 5.57 Å². The Morgan fingerprint density at radius 1 is 1.44 bits per heavy atom. The van der Waals surface area contributed by atoms with E-state index in [4.69, 9.17) is 11.6 Å². The van der Waals surface area contributed by atoms with Gasteiger partial charge in [0.2, 0.25) is 0 Å². The van der Waals surface area contributed by atoms with Gasteiger partial charge >= 0.3 is 0 Å². The molecule has 0 N–H and O–H groups in total. The van der Waals surface area contributed by atoms with Crippen LogP contribution in [-0.2, 0) is 0 Å². The SMILES string of the molecule is C=C(Cl)C=CC(C)=CC. The fraction of sp³-hybridized carbons (Fsp3) is 0.250. The zero-order chi connectivity index (χ0) is 7.28. The van der Waals surface area contributed by atoms with E-state index < -0.39 is 0 Å². The average Bonchev–Trinajstić information content (AvgIpc) is 1.83. The molecular weight excluding hydrogens is 132 g/mol. The standard InChI is InChI=1S/C8H11Cl/c1-4-7(2)5-6-8(3)9/h4-6H,3H2,1-2H3. The fourth-order valence-electron chi connectivity index (χ4n) is 0.318. The van der Waals surface area contributed by atoms with Gasteiger partial charge in [-0.05, 0) is 19.9 Å². The second-order valence-corrected chi connectivity index (χ2v) is 2.30. The van der Waals surface area contributed by atoms with Gasteiger partial charge in [0.1, 0.15) is 0 Å². The van der Waals surface area contributed by atoms with Crippen molar-refractivity contribution < 1.29 is 0 Å². The highest BCUT2D eigenvalue weighted by Crippen LogP contribution is 2.01. The molecule has 0 aromatic carbocycles. The van der Waals surface area contributed by atoms with Gasteiger partial charge in [0, 0.05) is 5.03 Å². The van der Waals surface area contributed by atoms with Crippen LogP contribution in [-0.4, -0.2) is 0 Å². The molecule has 1 heteroatoms. The topological polar surface area (TPSA) is 0 Å². The van der Waals surface area contributed by atoms with Gasteiger partial charge in [-0.1, -0.05) is 35.9 Å². The predicted octanol–water partition coefficient (Wildman–Crippen LogP) is 3.26. The van der Waals surface area contributed by atoms with Crippen LogP contribution in [0, 0.1) is 0 Å². The fourth-order valence-corrected chi connectivity index (χ4v) is 0.381. The minimum Gasteiger partial charge on any atom is -0.0850 e. The van der Waals surface area contributed by atoms with Crippen molar-refractivity contribution in [1.29, 1.82) is 0 Å². The third-order valence-corrected chi connectivity index (χ3v) is 1.11. The van der Waals surface area contributed by atoms with Crippen molar-refractivity contribution >= 4 is 11.6 Å². The molecule has 0 saturated carbocycles. The van der Waals surface area contributed by atoms with E-state index >= 15 is 0 Å². The van der Waals surface area contributed by atoms with Crippen molar-refractivity contribution in [3.8, 4) is 0 Å². The molecule has 50 valence electrons. The zero-order valence-electron chi connectivity index (χ0n) is 5.82. The summed E-state index contributed by atoms with van der Waals surface area (Å²) in [7, 11) is 0. The Hall–Kier alpha value is -0.490. The Morgan fingerprint density at radius 2 is 2.00 bits per heavy atom. The molecule has 0 aromatic heterocycles. The van der Waals surface area contributed by atoms with Gasteiger partial charge < -0.3 is 0 Å². The van der Waals surface area contributed by atoms with E-state index in [2.05, 4.69) is 6.58 Å². The van der Waals surface area contributed by atoms with Gasteiger partial charge in [-0.2, -0.15) is 0 Å². The smallest absolute Gasteiger partial charge is 0.0334 e. The normalized spacial score (nSPS) is 12.6. The second kappa shape index (κ2) is 4.39. The molecule has 0 saturated heterocycles. The lowest BCUT2D eigenvalue weighted by Crippen LogP contribution is -1.64. The summed E-state index contributed by atoms with van der Waals surface area (Å²) >= 11 is 5.47. The van der Waals surface area contributed by atoms with Crippen LogP contribution in [0.25, 0.3) is 0 Å². The molecule has 0 unspecified atom stereocenters. The van der Waals surface area contributed by atoms with Crippen LogP contribution in [0.4, 0.5) is 0 Å². The minimum absolute atomic E-state index is 0.566. The van der Waals surface area contributed by atoms with Gasteiger partial charge in [0.15, 0.2) is 0 Å². The van der Waals surface area contributed by atoms with Crippen LogP contribution in [0.3, 0.4) is 0 Å². The molecular formula is C8H11Cl. The first kappa shape index (κ1) is 8.51. The number of hydrogen-bond donors (Lipinski definition) is 0. The molecule has 0 nitrogen and oxygen atoms in total. The Balaban J connectivity index is 3.86. The van der Waals surface area contributed by atoms with E-state index in [0.717, 1.165) is 0 Å². The van der Waals surface area contributed by atoms with Gasteiger partial charge in [0.25, 0.3) is 0 Å². The molecule has 0 amide bonds. The lowest BCUT2D eigenvalue weighted by molar-refractivity contribution is 1.48. The van der Waals surface area contributed by atoms with Crippen molar-refractivity contribution in [1.82, 2.24) is 0 Å². The summed E-state index contributed by atoms with van der Waals surface area (Å²) < 4.78 is 0. The van der Waals surface area contributed by atoms with Gasteiger partial charge in [0.05, 0.1) is 0 Å². The molecule has 0 bridgehead atoms. The molecule has 0 heterocycles. The molecule has 0 aromatic rings. The lowest BCUT2D eigenvalue weighted by Gasteiger charge is -1.85. The molecule has 0 spiro atoms. The van der Waals surface area contributed by atoms with Crippen LogP contribution in [0.1, 0.15) is 13.8 Å². The van der Waals surface area contributed by atoms with E-state index in [0.29, 0.717) is 5.03 Å². The maximum absolute atomic E-state index is 5.47. The van der Waals surface area contributed by atoms with Gasteiger partial charge in [-0.3, -0.25) is 0 Å². The molecule has 9 heavy (non-hydrogen) atoms. The molecule has 0 radical (unpaired) electrons. The van der Waals surface area contributed by atoms with Crippen LogP contribution in [0.5, 0.6) is 0 Å². The Bertz CT molecular complexity index is 152. The largest absolute Gasteiger partial charge is 0.0850 e. The number of halogens is 1. The third kappa shape index (κ3) is 5.38. The highest BCUT2D eigenvalue weighted by molar-refractivity contribution is 6.30. The van der Waals surface area contributed by atoms with Crippen LogP contribution in [0.15, 0.2) is 35.4 Å². The molecule has 0 rings (SSSR count). The van der Waals surface area contributed by atoms with Crippen LogP contribution >= 0.6 is 11.6 Å². The van der Waals surface area contributed by atoms with Crippen LogP contribution in [0.2, 0.25) is 0 Å². The van der Waals surface area contributed by atoms with Gasteiger partial charge in [-0.15, -0.1) is 0 Å². The zero-order valence-corrected chi connectivity index (χ0v) is 6.57. The van der Waals surface area contributed by atoms with Crippen LogP contribution < -0.4 is 0 Å². The Morgan fingerprint density at radius 3 is 2.33 bits per heavy atom. The predicted molar refractivity (Wildman–Crippen MR) is 43.6 cm³/mol. The minimum atomic E-state index is 0.566. The van der Waals surface area contributed by atoms with Gasteiger partial charge in [-0.25, -0.2) is 0 Å². The number of rotatable bonds is 2. The summed E-state index contributed by atoms with van der Waals surface area (Å²) in [6, 6.07) is 0. The quantitative estimate of drug-likeness (QED) is 0.520. The van der Waals surface area contributed by atoms with Crippen molar-refractivity contribution in [2.45, 2.75) is 13.8 Å². The molecule has 0 fully saturated rings. The molecule has 0 aliphatic heterocycles. The first-order chi connectivity index (χ1) is 4.16. The second-order valence-electron chi connectivity index (χ2n) is 1.81. The highest BCUT2D eigenvalue weighted by atomic mass is 35.5. The first-order valence-electron chi connectivity index (χ1n) is 2.82. The summed E-state index contributed by atoms with van der Waals surface area (Å²) in [5, 5.41) is 0.566. The maximum Gasteiger partial charge on any atom is 0.0334 e. The summed E-state index contributed by atoms with van der Waals surface area (Å²) in [4.78, 5) is 0. The highest BCUT2D eigenvalue weighted by Gasteiger charge is 1.77. The average molecular weight is 143 g/mol. The van der Waals surface area contributed by atoms with Crippen molar-refractivity contribution in [3.05, 3.63) is 35.4 Å². The molecule has 0 atom stereocenters. The van der Waals surface area contributed by atoms with Crippen molar-refractivity contribution in [2.75, 3.05) is 0 Å². The van der Waals surface area contributed by atoms with E-state index in [-0.39, 0.29) is 0 Å². The summed E-state index contributed by atoms with van der Waals surface area (Å²) in [6.07, 6.45) is 5.71. The third-order valence-electron chi connectivity index (χ3n) is 0.982. The van der Waals surface area contributed by atoms with Crippen molar-refractivity contribution in [3.63, 3.8) is 0 Å². The monoisotopic (exact) mass is 142 g/mol. The summed E-state index contributed by atoms with van der Waals surface area (Å²) in [5.41, 5.74) is 1.19. The Kier molecular flexibility index (Phi) is 4.16. The number of hydrogen-bond acceptors (Lipinski definition) is 0. The van der Waals surface area contributed by atoms with E-state index in [1.54, 1.807) is 6.08 Å². The van der Waals surface area contributed by atoms with E-state index in [9.17, 15) is 0 Å². The summed E-state index contributed by atoms with van der Waals surface area (Å²) in [5.74, 6) is 0. The first-order valence-corrected chi connectivity index (χ1v) is 3.20. The summed E-state index contributed by atoms with van der Waals surface area (Å²) in [6.45, 7) is 7.51. The maximum atomic E-state index is 5.47. The Labute approximate surface area is 61.5 Å². The molecule has 0 aliphatic rings. The van der Waals surface area contributed by atoms with E-state index in [1.807, 2.05) is 26.0 Å². The number of allylic oxidation sites excluding steroid dienone is 5.